The Morgan fingerprint density at radius 3 is 2.62 bits per heavy atom. The Bertz CT molecular complexity index is 808. The van der Waals surface area contributed by atoms with E-state index in [2.05, 4.69) is 20.6 Å². The van der Waals surface area contributed by atoms with E-state index in [0.717, 1.165) is 27.8 Å². The number of para-hydroxylation sites is 2. The largest absolute Gasteiger partial charge is 0.495 e. The highest BCUT2D eigenvalue weighted by Gasteiger charge is 2.04. The quantitative estimate of drug-likeness (QED) is 0.692. The fourth-order valence-corrected chi connectivity index (χ4v) is 2.31. The molecular weight excluding hydrogens is 324 g/mol. The van der Waals surface area contributed by atoms with Crippen LogP contribution in [0.3, 0.4) is 0 Å². The number of anilines is 3. The number of rotatable bonds is 6. The summed E-state index contributed by atoms with van der Waals surface area (Å²) < 4.78 is 5.32. The Labute approximate surface area is 145 Å². The van der Waals surface area contributed by atoms with E-state index in [1.807, 2.05) is 54.6 Å². The van der Waals surface area contributed by atoms with Gasteiger partial charge < -0.3 is 15.4 Å². The van der Waals surface area contributed by atoms with Gasteiger partial charge in [-0.25, -0.2) is 4.98 Å². The molecule has 5 nitrogen and oxygen atoms in total. The van der Waals surface area contributed by atoms with Gasteiger partial charge in [0.15, 0.2) is 0 Å². The highest BCUT2D eigenvalue weighted by atomic mass is 35.5. The third kappa shape index (κ3) is 4.14. The van der Waals surface area contributed by atoms with Crippen molar-refractivity contribution >= 4 is 29.1 Å². The van der Waals surface area contributed by atoms with Crippen LogP contribution >= 0.6 is 11.6 Å². The molecule has 2 N–H and O–H groups in total. The minimum absolute atomic E-state index is 0.501. The summed E-state index contributed by atoms with van der Waals surface area (Å²) in [6.07, 6.45) is 1.70. The Hall–Kier alpha value is -2.79. The van der Waals surface area contributed by atoms with Gasteiger partial charge in [0, 0.05) is 17.8 Å². The molecule has 0 unspecified atom stereocenters. The van der Waals surface area contributed by atoms with Gasteiger partial charge in [0.05, 0.1) is 12.8 Å². The third-order valence-corrected chi connectivity index (χ3v) is 3.65. The molecule has 2 aromatic carbocycles. The third-order valence-electron chi connectivity index (χ3n) is 3.40. The molecule has 0 radical (unpaired) electrons. The summed E-state index contributed by atoms with van der Waals surface area (Å²) in [5, 5.41) is 7.16. The molecule has 24 heavy (non-hydrogen) atoms. The summed E-state index contributed by atoms with van der Waals surface area (Å²) in [5.74, 6) is 1.97. The maximum Gasteiger partial charge on any atom is 0.229 e. The monoisotopic (exact) mass is 340 g/mol. The van der Waals surface area contributed by atoms with Crippen molar-refractivity contribution in [1.82, 2.24) is 9.97 Å². The average Bonchev–Trinajstić information content (AvgIpc) is 2.62. The molecule has 0 fully saturated rings. The van der Waals surface area contributed by atoms with Gasteiger partial charge in [-0.3, -0.25) is 0 Å². The number of aromatic nitrogens is 2. The zero-order valence-corrected chi connectivity index (χ0v) is 13.9. The molecule has 0 bridgehead atoms. The number of nitrogens with one attached hydrogen (secondary N) is 2. The van der Waals surface area contributed by atoms with E-state index < -0.39 is 0 Å². The molecule has 0 spiro atoms. The fraction of sp³-hybridized carbons (Fsp3) is 0.111. The number of hydrogen-bond donors (Lipinski definition) is 2. The zero-order chi connectivity index (χ0) is 16.8. The van der Waals surface area contributed by atoms with E-state index in [1.54, 1.807) is 13.3 Å². The van der Waals surface area contributed by atoms with Crippen molar-refractivity contribution in [2.45, 2.75) is 6.54 Å². The first kappa shape index (κ1) is 16.1. The van der Waals surface area contributed by atoms with Gasteiger partial charge in [-0.05, 0) is 35.9 Å². The zero-order valence-electron chi connectivity index (χ0n) is 13.2. The normalized spacial score (nSPS) is 10.2. The Morgan fingerprint density at radius 1 is 1.04 bits per heavy atom. The van der Waals surface area contributed by atoms with Crippen LogP contribution in [0.25, 0.3) is 0 Å². The summed E-state index contributed by atoms with van der Waals surface area (Å²) in [5.41, 5.74) is 1.94. The lowest BCUT2D eigenvalue weighted by molar-refractivity contribution is 0.417. The molecule has 3 aromatic rings. The molecule has 1 aromatic heterocycles. The van der Waals surface area contributed by atoms with Gasteiger partial charge in [-0.1, -0.05) is 35.9 Å². The number of ether oxygens (including phenoxy) is 1. The first-order chi connectivity index (χ1) is 11.7. The second kappa shape index (κ2) is 7.66. The molecule has 0 aliphatic rings. The topological polar surface area (TPSA) is 59.1 Å². The minimum atomic E-state index is 0.501. The summed E-state index contributed by atoms with van der Waals surface area (Å²) in [7, 11) is 1.63. The lowest BCUT2D eigenvalue weighted by Gasteiger charge is -2.11. The van der Waals surface area contributed by atoms with Crippen LogP contribution in [0.4, 0.5) is 17.5 Å². The molecule has 0 saturated carbocycles. The number of halogens is 1. The van der Waals surface area contributed by atoms with E-state index in [1.165, 1.54) is 0 Å². The Balaban J connectivity index is 1.68. The molecule has 1 heterocycles. The summed E-state index contributed by atoms with van der Waals surface area (Å²) in [6, 6.07) is 17.1. The molecule has 0 amide bonds. The molecule has 0 saturated heterocycles. The number of nitrogens with zero attached hydrogens (tertiary/aromatic N) is 2. The molecular formula is C18H17ClN4O. The molecule has 0 atom stereocenters. The highest BCUT2D eigenvalue weighted by molar-refractivity contribution is 6.30. The number of benzene rings is 2. The highest BCUT2D eigenvalue weighted by Crippen LogP contribution is 2.25. The predicted octanol–water partition coefficient (Wildman–Crippen LogP) is 4.49. The molecule has 122 valence electrons. The van der Waals surface area contributed by atoms with Crippen LogP contribution in [0, 0.1) is 0 Å². The first-order valence-electron chi connectivity index (χ1n) is 7.46. The van der Waals surface area contributed by atoms with E-state index >= 15 is 0 Å². The fourth-order valence-electron chi connectivity index (χ4n) is 2.18. The van der Waals surface area contributed by atoms with Gasteiger partial charge in [0.1, 0.15) is 11.6 Å². The van der Waals surface area contributed by atoms with E-state index in [4.69, 9.17) is 16.3 Å². The summed E-state index contributed by atoms with van der Waals surface area (Å²) in [4.78, 5) is 8.70. The Morgan fingerprint density at radius 2 is 1.83 bits per heavy atom. The van der Waals surface area contributed by atoms with Crippen molar-refractivity contribution in [1.29, 1.82) is 0 Å². The number of hydrogen-bond acceptors (Lipinski definition) is 5. The SMILES string of the molecule is COc1ccccc1Nc1nccc(NCc2ccc(Cl)cc2)n1. The van der Waals surface area contributed by atoms with Gasteiger partial charge in [-0.15, -0.1) is 0 Å². The van der Waals surface area contributed by atoms with Crippen LogP contribution in [0.2, 0.25) is 5.02 Å². The maximum absolute atomic E-state index is 5.89. The van der Waals surface area contributed by atoms with Crippen molar-refractivity contribution < 1.29 is 4.74 Å². The average molecular weight is 341 g/mol. The van der Waals surface area contributed by atoms with Crippen LogP contribution in [-0.4, -0.2) is 17.1 Å². The molecule has 6 heteroatoms. The second-order valence-electron chi connectivity index (χ2n) is 5.07. The smallest absolute Gasteiger partial charge is 0.229 e. The van der Waals surface area contributed by atoms with E-state index in [-0.39, 0.29) is 0 Å². The Kier molecular flexibility index (Phi) is 5.13. The standard InChI is InChI=1S/C18H17ClN4O/c1-24-16-5-3-2-4-15(16)22-18-20-11-10-17(23-18)21-12-13-6-8-14(19)9-7-13/h2-11H,12H2,1H3,(H2,20,21,22,23). The van der Waals surface area contributed by atoms with Crippen molar-refractivity contribution in [3.05, 3.63) is 71.4 Å². The molecule has 0 aliphatic heterocycles. The van der Waals surface area contributed by atoms with Crippen LogP contribution in [0.5, 0.6) is 5.75 Å². The van der Waals surface area contributed by atoms with E-state index in [9.17, 15) is 0 Å². The van der Waals surface area contributed by atoms with Gasteiger partial charge in [0.25, 0.3) is 0 Å². The van der Waals surface area contributed by atoms with Crippen molar-refractivity contribution in [3.63, 3.8) is 0 Å². The van der Waals surface area contributed by atoms with E-state index in [0.29, 0.717) is 12.5 Å². The van der Waals surface area contributed by atoms with Crippen LogP contribution in [-0.2, 0) is 6.54 Å². The lowest BCUT2D eigenvalue weighted by Crippen LogP contribution is -2.04. The maximum atomic E-state index is 5.89. The van der Waals surface area contributed by atoms with Crippen molar-refractivity contribution in [3.8, 4) is 5.75 Å². The predicted molar refractivity (Wildman–Crippen MR) is 97.1 cm³/mol. The van der Waals surface area contributed by atoms with Crippen LogP contribution < -0.4 is 15.4 Å². The minimum Gasteiger partial charge on any atom is -0.495 e. The molecule has 3 rings (SSSR count). The van der Waals surface area contributed by atoms with Crippen LogP contribution in [0.1, 0.15) is 5.56 Å². The van der Waals surface area contributed by atoms with Crippen molar-refractivity contribution in [2.75, 3.05) is 17.7 Å². The van der Waals surface area contributed by atoms with Gasteiger partial charge >= 0.3 is 0 Å². The van der Waals surface area contributed by atoms with Gasteiger partial charge in [-0.2, -0.15) is 4.98 Å². The van der Waals surface area contributed by atoms with Crippen molar-refractivity contribution in [2.24, 2.45) is 0 Å². The van der Waals surface area contributed by atoms with Gasteiger partial charge in [0.2, 0.25) is 5.95 Å². The lowest BCUT2D eigenvalue weighted by atomic mass is 10.2. The number of methoxy groups -OCH3 is 1. The molecule has 0 aliphatic carbocycles. The summed E-state index contributed by atoms with van der Waals surface area (Å²) >= 11 is 5.89. The summed E-state index contributed by atoms with van der Waals surface area (Å²) in [6.45, 7) is 0.655. The second-order valence-corrected chi connectivity index (χ2v) is 5.51. The first-order valence-corrected chi connectivity index (χ1v) is 7.84. The van der Waals surface area contributed by atoms with Crippen LogP contribution in [0.15, 0.2) is 60.8 Å².